The molecule has 0 aliphatic heterocycles. The normalized spacial score (nSPS) is 11.7. The van der Waals surface area contributed by atoms with Gasteiger partial charge in [0.2, 0.25) is 0 Å². The molecule has 0 radical (unpaired) electrons. The minimum absolute atomic E-state index is 0.553. The van der Waals surface area contributed by atoms with E-state index in [1.54, 1.807) is 0 Å². The average molecular weight is 363 g/mol. The van der Waals surface area contributed by atoms with Crippen molar-refractivity contribution in [1.82, 2.24) is 0 Å². The van der Waals surface area contributed by atoms with E-state index >= 15 is 0 Å². The minimum Gasteiger partial charge on any atom is -0.492 e. The molecular formula is C13H17Br2NO. The first-order valence-electron chi connectivity index (χ1n) is 5.57. The molecule has 0 aliphatic carbocycles. The maximum Gasteiger partial charge on any atom is 0.140 e. The Labute approximate surface area is 119 Å². The molecule has 0 bridgehead atoms. The fraction of sp³-hybridized carbons (Fsp3) is 0.385. The molecule has 0 aliphatic rings. The quantitative estimate of drug-likeness (QED) is 0.844. The van der Waals surface area contributed by atoms with E-state index in [0.29, 0.717) is 13.2 Å². The Morgan fingerprint density at radius 1 is 1.41 bits per heavy atom. The van der Waals surface area contributed by atoms with Crippen LogP contribution in [0.25, 0.3) is 6.08 Å². The summed E-state index contributed by atoms with van der Waals surface area (Å²) in [6.07, 6.45) is 3.04. The first-order valence-corrected chi connectivity index (χ1v) is 7.16. The van der Waals surface area contributed by atoms with Gasteiger partial charge in [-0.3, -0.25) is 0 Å². The molecule has 0 saturated carbocycles. The van der Waals surface area contributed by atoms with E-state index in [4.69, 9.17) is 10.5 Å². The molecule has 0 atom stereocenters. The smallest absolute Gasteiger partial charge is 0.140 e. The molecule has 2 nitrogen and oxygen atoms in total. The van der Waals surface area contributed by atoms with Crippen LogP contribution in [-0.4, -0.2) is 13.2 Å². The minimum atomic E-state index is 0.553. The van der Waals surface area contributed by atoms with Crippen molar-refractivity contribution < 1.29 is 4.74 Å². The van der Waals surface area contributed by atoms with Crippen LogP contribution in [0.15, 0.2) is 26.7 Å². The van der Waals surface area contributed by atoms with Crippen molar-refractivity contribution in [3.05, 3.63) is 32.2 Å². The van der Waals surface area contributed by atoms with Crippen LogP contribution < -0.4 is 10.5 Å². The van der Waals surface area contributed by atoms with E-state index in [-0.39, 0.29) is 0 Å². The molecule has 0 heterocycles. The largest absolute Gasteiger partial charge is 0.492 e. The van der Waals surface area contributed by atoms with Gasteiger partial charge in [-0.2, -0.15) is 0 Å². The fourth-order valence-electron chi connectivity index (χ4n) is 1.37. The molecule has 0 amide bonds. The van der Waals surface area contributed by atoms with Crippen LogP contribution in [-0.2, 0) is 0 Å². The Hall–Kier alpha value is -0.320. The van der Waals surface area contributed by atoms with Crippen LogP contribution >= 0.6 is 31.9 Å². The number of halogens is 2. The van der Waals surface area contributed by atoms with Gasteiger partial charge in [0.1, 0.15) is 5.75 Å². The van der Waals surface area contributed by atoms with Crippen molar-refractivity contribution in [1.29, 1.82) is 0 Å². The van der Waals surface area contributed by atoms with Crippen LogP contribution in [0.3, 0.4) is 0 Å². The van der Waals surface area contributed by atoms with Gasteiger partial charge in [0, 0.05) is 16.6 Å². The fourth-order valence-corrected chi connectivity index (χ4v) is 2.74. The highest BCUT2D eigenvalue weighted by atomic mass is 79.9. The Morgan fingerprint density at radius 2 is 2.12 bits per heavy atom. The van der Waals surface area contributed by atoms with Gasteiger partial charge < -0.3 is 10.5 Å². The summed E-state index contributed by atoms with van der Waals surface area (Å²) in [6.45, 7) is 5.37. The molecule has 2 N–H and O–H groups in total. The van der Waals surface area contributed by atoms with Crippen LogP contribution in [0.2, 0.25) is 0 Å². The number of hydrogen-bond acceptors (Lipinski definition) is 2. The van der Waals surface area contributed by atoms with Crippen LogP contribution in [0.5, 0.6) is 5.75 Å². The zero-order chi connectivity index (χ0) is 12.8. The van der Waals surface area contributed by atoms with Crippen LogP contribution in [0, 0.1) is 0 Å². The predicted octanol–water partition coefficient (Wildman–Crippen LogP) is 4.36. The second-order valence-electron chi connectivity index (χ2n) is 3.85. The summed E-state index contributed by atoms with van der Waals surface area (Å²) in [4.78, 5) is 0. The van der Waals surface area contributed by atoms with Crippen LogP contribution in [0.1, 0.15) is 25.8 Å². The lowest BCUT2D eigenvalue weighted by Gasteiger charge is -2.12. The van der Waals surface area contributed by atoms with Gasteiger partial charge in [0.15, 0.2) is 0 Å². The summed E-state index contributed by atoms with van der Waals surface area (Å²) in [5.41, 5.74) is 7.78. The number of benzene rings is 1. The van der Waals surface area contributed by atoms with Gasteiger partial charge in [-0.25, -0.2) is 0 Å². The topological polar surface area (TPSA) is 35.2 Å². The van der Waals surface area contributed by atoms with Gasteiger partial charge >= 0.3 is 0 Å². The second kappa shape index (κ2) is 7.19. The highest BCUT2D eigenvalue weighted by Gasteiger charge is 2.08. The molecule has 1 aromatic rings. The number of ether oxygens (including phenoxy) is 1. The molecule has 1 aromatic carbocycles. The average Bonchev–Trinajstić information content (AvgIpc) is 2.27. The summed E-state index contributed by atoms with van der Waals surface area (Å²) in [5, 5.41) is 0. The first-order chi connectivity index (χ1) is 8.08. The maximum absolute atomic E-state index is 5.76. The van der Waals surface area contributed by atoms with Gasteiger partial charge in [-0.15, -0.1) is 0 Å². The predicted molar refractivity (Wildman–Crippen MR) is 80.3 cm³/mol. The molecular weight excluding hydrogens is 346 g/mol. The van der Waals surface area contributed by atoms with Gasteiger partial charge in [0.05, 0.1) is 11.1 Å². The molecule has 4 heteroatoms. The Balaban J connectivity index is 3.15. The Kier molecular flexibility index (Phi) is 6.23. The zero-order valence-electron chi connectivity index (χ0n) is 10.1. The number of nitrogens with two attached hydrogens (primary N) is 1. The molecule has 1 rings (SSSR count). The maximum atomic E-state index is 5.76. The molecule has 94 valence electrons. The van der Waals surface area contributed by atoms with Gasteiger partial charge in [-0.1, -0.05) is 34.5 Å². The highest BCUT2D eigenvalue weighted by molar-refractivity contribution is 9.11. The van der Waals surface area contributed by atoms with Gasteiger partial charge in [-0.05, 0) is 41.4 Å². The summed E-state index contributed by atoms with van der Waals surface area (Å²) in [6, 6.07) is 4.02. The summed E-state index contributed by atoms with van der Waals surface area (Å²) in [5.74, 6) is 0.878. The van der Waals surface area contributed by atoms with E-state index in [0.717, 1.165) is 32.3 Å². The first kappa shape index (κ1) is 14.7. The monoisotopic (exact) mass is 361 g/mol. The van der Waals surface area contributed by atoms with E-state index in [1.807, 2.05) is 19.1 Å². The SMILES string of the molecule is CCCOc1c(Br)cc(Br)cc1C=C(C)CN. The van der Waals surface area contributed by atoms with Gasteiger partial charge in [0.25, 0.3) is 0 Å². The van der Waals surface area contributed by atoms with E-state index in [9.17, 15) is 0 Å². The lowest BCUT2D eigenvalue weighted by Crippen LogP contribution is -2.01. The third-order valence-corrected chi connectivity index (χ3v) is 3.26. The molecule has 0 fully saturated rings. The third kappa shape index (κ3) is 4.45. The lowest BCUT2D eigenvalue weighted by atomic mass is 10.1. The summed E-state index contributed by atoms with van der Waals surface area (Å²) >= 11 is 7.01. The van der Waals surface area contributed by atoms with E-state index < -0.39 is 0 Å². The van der Waals surface area contributed by atoms with Crippen molar-refractivity contribution >= 4 is 37.9 Å². The van der Waals surface area contributed by atoms with Crippen molar-refractivity contribution in [2.24, 2.45) is 5.73 Å². The Morgan fingerprint density at radius 3 is 2.71 bits per heavy atom. The van der Waals surface area contributed by atoms with Crippen molar-refractivity contribution in [2.75, 3.05) is 13.2 Å². The van der Waals surface area contributed by atoms with Crippen molar-refractivity contribution in [3.8, 4) is 5.75 Å². The summed E-state index contributed by atoms with van der Waals surface area (Å²) < 4.78 is 7.74. The third-order valence-electron chi connectivity index (χ3n) is 2.21. The zero-order valence-corrected chi connectivity index (χ0v) is 13.3. The number of hydrogen-bond donors (Lipinski definition) is 1. The molecule has 0 aromatic heterocycles. The summed E-state index contributed by atoms with van der Waals surface area (Å²) in [7, 11) is 0. The highest BCUT2D eigenvalue weighted by Crippen LogP contribution is 2.34. The van der Waals surface area contributed by atoms with Crippen molar-refractivity contribution in [3.63, 3.8) is 0 Å². The molecule has 0 unspecified atom stereocenters. The van der Waals surface area contributed by atoms with Crippen molar-refractivity contribution in [2.45, 2.75) is 20.3 Å². The number of rotatable bonds is 5. The van der Waals surface area contributed by atoms with E-state index in [2.05, 4.69) is 44.9 Å². The molecule has 17 heavy (non-hydrogen) atoms. The lowest BCUT2D eigenvalue weighted by molar-refractivity contribution is 0.315. The Bertz CT molecular complexity index is 416. The standard InChI is InChI=1S/C13H17Br2NO/c1-3-4-17-13-10(5-9(2)8-16)6-11(14)7-12(13)15/h5-7H,3-4,8,16H2,1-2H3. The van der Waals surface area contributed by atoms with Crippen LogP contribution in [0.4, 0.5) is 0 Å². The molecule has 0 spiro atoms. The molecule has 0 saturated heterocycles. The second-order valence-corrected chi connectivity index (χ2v) is 5.62. The van der Waals surface area contributed by atoms with E-state index in [1.165, 1.54) is 0 Å².